The van der Waals surface area contributed by atoms with Crippen molar-refractivity contribution in [3.63, 3.8) is 0 Å². The highest BCUT2D eigenvalue weighted by molar-refractivity contribution is 5.88. The molecule has 1 aromatic carbocycles. The third kappa shape index (κ3) is 4.09. The van der Waals surface area contributed by atoms with Gasteiger partial charge in [-0.15, -0.1) is 0 Å². The van der Waals surface area contributed by atoms with Gasteiger partial charge in [0, 0.05) is 24.0 Å². The molecular weight excluding hydrogens is 353 g/mol. The van der Waals surface area contributed by atoms with Crippen LogP contribution in [0, 0.1) is 6.92 Å². The summed E-state index contributed by atoms with van der Waals surface area (Å²) in [5.41, 5.74) is 4.78. The maximum absolute atomic E-state index is 14.4. The van der Waals surface area contributed by atoms with Gasteiger partial charge in [-0.05, 0) is 88.7 Å². The molecule has 28 heavy (non-hydrogen) atoms. The Balaban J connectivity index is 1.55. The molecule has 152 valence electrons. The Morgan fingerprint density at radius 3 is 2.64 bits per heavy atom. The zero-order valence-corrected chi connectivity index (χ0v) is 17.4. The topological polar surface area (TPSA) is 37.4 Å². The SMILES string of the molecule is Cc1cc2c3c(c(NC(C)C)nc2cc1OCC(F)CN1CCCC1)CCC3. The van der Waals surface area contributed by atoms with Crippen molar-refractivity contribution in [1.29, 1.82) is 0 Å². The second-order valence-electron chi connectivity index (χ2n) is 8.62. The van der Waals surface area contributed by atoms with E-state index in [2.05, 4.69) is 30.1 Å². The van der Waals surface area contributed by atoms with Crippen molar-refractivity contribution in [1.82, 2.24) is 9.88 Å². The predicted octanol–water partition coefficient (Wildman–Crippen LogP) is 4.66. The van der Waals surface area contributed by atoms with Crippen molar-refractivity contribution in [3.05, 3.63) is 28.8 Å². The number of nitrogens with one attached hydrogen (secondary N) is 1. The predicted molar refractivity (Wildman–Crippen MR) is 113 cm³/mol. The van der Waals surface area contributed by atoms with Crippen molar-refractivity contribution >= 4 is 16.7 Å². The standard InChI is InChI=1S/C23H32FN3O/c1-15(2)25-23-19-8-6-7-18(19)20-11-16(3)22(12-21(20)26-23)28-14-17(24)13-27-9-4-5-10-27/h11-12,15,17H,4-10,13-14H2,1-3H3,(H,25,26). The van der Waals surface area contributed by atoms with Gasteiger partial charge in [0.1, 0.15) is 24.3 Å². The molecule has 2 aliphatic rings. The van der Waals surface area contributed by atoms with E-state index < -0.39 is 6.17 Å². The molecule has 0 amide bonds. The first-order chi connectivity index (χ1) is 13.5. The summed E-state index contributed by atoms with van der Waals surface area (Å²) in [7, 11) is 0. The van der Waals surface area contributed by atoms with Crippen molar-refractivity contribution in [2.75, 3.05) is 31.6 Å². The van der Waals surface area contributed by atoms with Gasteiger partial charge in [0.15, 0.2) is 0 Å². The summed E-state index contributed by atoms with van der Waals surface area (Å²) in [6, 6.07) is 4.51. The number of nitrogens with zero attached hydrogens (tertiary/aromatic N) is 2. The van der Waals surface area contributed by atoms with Gasteiger partial charge in [-0.25, -0.2) is 9.37 Å². The van der Waals surface area contributed by atoms with E-state index in [1.54, 1.807) is 0 Å². The average molecular weight is 386 g/mol. The van der Waals surface area contributed by atoms with Gasteiger partial charge in [0.05, 0.1) is 5.52 Å². The minimum Gasteiger partial charge on any atom is -0.490 e. The van der Waals surface area contributed by atoms with E-state index in [1.165, 1.54) is 35.8 Å². The molecule has 1 saturated heterocycles. The Bertz CT molecular complexity index is 846. The fourth-order valence-corrected chi connectivity index (χ4v) is 4.53. The zero-order valence-electron chi connectivity index (χ0n) is 17.4. The molecule has 4 rings (SSSR count). The fourth-order valence-electron chi connectivity index (χ4n) is 4.53. The minimum absolute atomic E-state index is 0.102. The molecule has 1 aliphatic carbocycles. The van der Waals surface area contributed by atoms with E-state index in [9.17, 15) is 4.39 Å². The molecule has 0 bridgehead atoms. The summed E-state index contributed by atoms with van der Waals surface area (Å²) < 4.78 is 20.3. The lowest BCUT2D eigenvalue weighted by atomic mass is 10.0. The molecule has 0 saturated carbocycles. The number of likely N-dealkylation sites (tertiary alicyclic amines) is 1. The number of halogens is 1. The van der Waals surface area contributed by atoms with Crippen LogP contribution in [0.3, 0.4) is 0 Å². The Kier molecular flexibility index (Phi) is 5.72. The van der Waals surface area contributed by atoms with Crippen LogP contribution >= 0.6 is 0 Å². The molecule has 2 aromatic rings. The van der Waals surface area contributed by atoms with Crippen LogP contribution in [0.2, 0.25) is 0 Å². The van der Waals surface area contributed by atoms with Crippen LogP contribution in [0.5, 0.6) is 5.75 Å². The molecule has 2 heterocycles. The van der Waals surface area contributed by atoms with Gasteiger partial charge in [0.25, 0.3) is 0 Å². The highest BCUT2D eigenvalue weighted by Crippen LogP contribution is 2.36. The van der Waals surface area contributed by atoms with Crippen LogP contribution in [0.15, 0.2) is 12.1 Å². The number of hydrogen-bond acceptors (Lipinski definition) is 4. The molecule has 1 N–H and O–H groups in total. The normalized spacial score (nSPS) is 18.0. The van der Waals surface area contributed by atoms with Crippen molar-refractivity contribution in [2.24, 2.45) is 0 Å². The van der Waals surface area contributed by atoms with E-state index >= 15 is 0 Å². The van der Waals surface area contributed by atoms with Gasteiger partial charge < -0.3 is 15.0 Å². The number of aryl methyl sites for hydroxylation is 2. The quantitative estimate of drug-likeness (QED) is 0.752. The summed E-state index contributed by atoms with van der Waals surface area (Å²) in [6.45, 7) is 8.92. The lowest BCUT2D eigenvalue weighted by Gasteiger charge is -2.19. The maximum atomic E-state index is 14.4. The first-order valence-electron chi connectivity index (χ1n) is 10.7. The van der Waals surface area contributed by atoms with Gasteiger partial charge in [0.2, 0.25) is 0 Å². The molecule has 4 nitrogen and oxygen atoms in total. The number of pyridine rings is 1. The molecule has 1 aromatic heterocycles. The van der Waals surface area contributed by atoms with E-state index in [0.29, 0.717) is 12.6 Å². The first-order valence-corrected chi connectivity index (χ1v) is 10.7. The smallest absolute Gasteiger partial charge is 0.147 e. The van der Waals surface area contributed by atoms with Crippen LogP contribution in [-0.4, -0.2) is 48.3 Å². The fraction of sp³-hybridized carbons (Fsp3) is 0.609. The molecule has 0 radical (unpaired) electrons. The summed E-state index contributed by atoms with van der Waals surface area (Å²) in [5, 5.41) is 4.73. The second-order valence-corrected chi connectivity index (χ2v) is 8.62. The van der Waals surface area contributed by atoms with E-state index in [4.69, 9.17) is 9.72 Å². The van der Waals surface area contributed by atoms with Crippen LogP contribution in [0.4, 0.5) is 10.2 Å². The van der Waals surface area contributed by atoms with Crippen LogP contribution < -0.4 is 10.1 Å². The number of aromatic nitrogens is 1. The van der Waals surface area contributed by atoms with Crippen molar-refractivity contribution in [3.8, 4) is 5.75 Å². The Morgan fingerprint density at radius 2 is 1.89 bits per heavy atom. The van der Waals surface area contributed by atoms with E-state index in [0.717, 1.165) is 48.6 Å². The molecule has 0 spiro atoms. The highest BCUT2D eigenvalue weighted by Gasteiger charge is 2.22. The first kappa shape index (κ1) is 19.4. The molecule has 1 aliphatic heterocycles. The monoisotopic (exact) mass is 385 g/mol. The Morgan fingerprint density at radius 1 is 1.14 bits per heavy atom. The number of ether oxygens (including phenoxy) is 1. The summed E-state index contributed by atoms with van der Waals surface area (Å²) in [4.78, 5) is 7.10. The minimum atomic E-state index is -0.959. The number of benzene rings is 1. The molecule has 1 unspecified atom stereocenters. The van der Waals surface area contributed by atoms with Crippen LogP contribution in [0.1, 0.15) is 49.8 Å². The maximum Gasteiger partial charge on any atom is 0.147 e. The van der Waals surface area contributed by atoms with Gasteiger partial charge in [-0.3, -0.25) is 0 Å². The van der Waals surface area contributed by atoms with Crippen LogP contribution in [-0.2, 0) is 12.8 Å². The lowest BCUT2D eigenvalue weighted by Crippen LogP contribution is -2.31. The van der Waals surface area contributed by atoms with Gasteiger partial charge in [-0.2, -0.15) is 0 Å². The van der Waals surface area contributed by atoms with Crippen LogP contribution in [0.25, 0.3) is 10.9 Å². The summed E-state index contributed by atoms with van der Waals surface area (Å²) in [5.74, 6) is 1.75. The number of hydrogen-bond donors (Lipinski definition) is 1. The van der Waals surface area contributed by atoms with Gasteiger partial charge >= 0.3 is 0 Å². The summed E-state index contributed by atoms with van der Waals surface area (Å²) >= 11 is 0. The zero-order chi connectivity index (χ0) is 19.7. The number of rotatable bonds is 7. The molecular formula is C23H32FN3O. The summed E-state index contributed by atoms with van der Waals surface area (Å²) in [6.07, 6.45) is 4.77. The van der Waals surface area contributed by atoms with E-state index in [1.807, 2.05) is 13.0 Å². The molecule has 1 fully saturated rings. The third-order valence-corrected chi connectivity index (χ3v) is 5.85. The van der Waals surface area contributed by atoms with Crippen molar-refractivity contribution in [2.45, 2.75) is 65.1 Å². The number of alkyl halides is 1. The van der Waals surface area contributed by atoms with Crippen molar-refractivity contribution < 1.29 is 9.13 Å². The second kappa shape index (κ2) is 8.24. The third-order valence-electron chi connectivity index (χ3n) is 5.85. The molecule has 5 heteroatoms. The van der Waals surface area contributed by atoms with Gasteiger partial charge in [-0.1, -0.05) is 0 Å². The Labute approximate surface area is 167 Å². The highest BCUT2D eigenvalue weighted by atomic mass is 19.1. The average Bonchev–Trinajstić information content (AvgIpc) is 3.32. The Hall–Kier alpha value is -1.88. The lowest BCUT2D eigenvalue weighted by molar-refractivity contribution is 0.150. The largest absolute Gasteiger partial charge is 0.490 e. The number of anilines is 1. The number of fused-ring (bicyclic) bond motifs is 3. The molecule has 1 atom stereocenters. The van der Waals surface area contributed by atoms with E-state index in [-0.39, 0.29) is 6.61 Å².